The molecule has 1 amide bonds. The lowest BCUT2D eigenvalue weighted by atomic mass is 9.86. The summed E-state index contributed by atoms with van der Waals surface area (Å²) in [5.74, 6) is 0.331. The lowest BCUT2D eigenvalue weighted by Gasteiger charge is -2.47. The van der Waals surface area contributed by atoms with Crippen LogP contribution in [0, 0.1) is 11.7 Å². The van der Waals surface area contributed by atoms with Gasteiger partial charge in [0.05, 0.1) is 5.69 Å². The number of nitrogens with zero attached hydrogens (tertiary/aromatic N) is 4. The highest BCUT2D eigenvalue weighted by Crippen LogP contribution is 2.29. The molecule has 2 aliphatic heterocycles. The zero-order chi connectivity index (χ0) is 27.7. The summed E-state index contributed by atoms with van der Waals surface area (Å²) in [5.41, 5.74) is 2.96. The second-order valence-corrected chi connectivity index (χ2v) is 11.3. The van der Waals surface area contributed by atoms with Crippen molar-refractivity contribution in [1.29, 1.82) is 0 Å². The summed E-state index contributed by atoms with van der Waals surface area (Å²) in [6.07, 6.45) is 6.90. The topological polar surface area (TPSA) is 51.7 Å². The van der Waals surface area contributed by atoms with E-state index in [4.69, 9.17) is 11.6 Å². The van der Waals surface area contributed by atoms with E-state index < -0.39 is 0 Å². The molecule has 8 heteroatoms. The summed E-state index contributed by atoms with van der Waals surface area (Å²) in [6.45, 7) is 6.88. The Bertz CT molecular complexity index is 1240. The van der Waals surface area contributed by atoms with E-state index in [0.29, 0.717) is 30.6 Å². The van der Waals surface area contributed by atoms with Gasteiger partial charge in [-0.25, -0.2) is 4.39 Å². The highest BCUT2D eigenvalue weighted by molar-refractivity contribution is 6.31. The average Bonchev–Trinajstić information content (AvgIpc) is 2.98. The number of rotatable bonds is 10. The number of hydrogen-bond acceptors (Lipinski definition) is 5. The van der Waals surface area contributed by atoms with E-state index in [9.17, 15) is 9.18 Å². The first-order chi connectivity index (χ1) is 19.6. The van der Waals surface area contributed by atoms with Gasteiger partial charge in [0.1, 0.15) is 5.82 Å². The van der Waals surface area contributed by atoms with Crippen molar-refractivity contribution in [3.63, 3.8) is 0 Å². The smallest absolute Gasteiger partial charge is 0.220 e. The number of carbonyl (C=O) groups excluding carboxylic acids is 1. The van der Waals surface area contributed by atoms with Gasteiger partial charge in [0.2, 0.25) is 5.91 Å². The van der Waals surface area contributed by atoms with Crippen LogP contribution in [0.25, 0.3) is 0 Å². The number of piperidine rings is 1. The van der Waals surface area contributed by atoms with E-state index >= 15 is 0 Å². The highest BCUT2D eigenvalue weighted by atomic mass is 35.5. The van der Waals surface area contributed by atoms with Gasteiger partial charge in [-0.05, 0) is 67.1 Å². The maximum Gasteiger partial charge on any atom is 0.220 e. The Balaban J connectivity index is 1.17. The molecule has 0 radical (unpaired) electrons. The quantitative estimate of drug-likeness (QED) is 0.375. The number of pyridine rings is 1. The van der Waals surface area contributed by atoms with E-state index in [1.807, 2.05) is 54.9 Å². The molecule has 0 saturated carbocycles. The second kappa shape index (κ2) is 14.1. The maximum atomic E-state index is 14.4. The van der Waals surface area contributed by atoms with E-state index in [-0.39, 0.29) is 11.7 Å². The molecule has 2 aliphatic rings. The largest absolute Gasteiger partial charge is 0.367 e. The third kappa shape index (κ3) is 7.59. The summed E-state index contributed by atoms with van der Waals surface area (Å²) in [6, 6.07) is 19.4. The van der Waals surface area contributed by atoms with Gasteiger partial charge in [-0.2, -0.15) is 0 Å². The molecule has 0 aliphatic carbocycles. The van der Waals surface area contributed by atoms with Crippen molar-refractivity contribution in [3.8, 4) is 0 Å². The molecule has 40 heavy (non-hydrogen) atoms. The van der Waals surface area contributed by atoms with Crippen molar-refractivity contribution in [2.75, 3.05) is 50.7 Å². The van der Waals surface area contributed by atoms with Crippen molar-refractivity contribution < 1.29 is 9.18 Å². The first-order valence-corrected chi connectivity index (χ1v) is 14.8. The number of piperazine rings is 1. The minimum Gasteiger partial charge on any atom is -0.367 e. The Hall–Kier alpha value is -3.00. The SMILES string of the molecule is O=C(CC[C@H]1CN(Cc2cccnc2)CC[C@H]1N1CCN(c2ccccc2F)CC1)NCCc1ccccc1Cl. The lowest BCUT2D eigenvalue weighted by molar-refractivity contribution is -0.121. The number of para-hydroxylation sites is 1. The van der Waals surface area contributed by atoms with Gasteiger partial charge < -0.3 is 10.2 Å². The fraction of sp³-hybridized carbons (Fsp3) is 0.438. The van der Waals surface area contributed by atoms with E-state index in [1.165, 1.54) is 11.6 Å². The van der Waals surface area contributed by atoms with Crippen molar-refractivity contribution in [2.24, 2.45) is 5.92 Å². The van der Waals surface area contributed by atoms with Gasteiger partial charge in [-0.15, -0.1) is 0 Å². The van der Waals surface area contributed by atoms with Crippen LogP contribution in [0.3, 0.4) is 0 Å². The molecule has 2 atom stereocenters. The standard InChI is InChI=1S/C32H39ClFN5O/c33-28-8-2-1-7-26(28)13-16-36-32(40)12-11-27-24-37(23-25-6-5-15-35-22-25)17-14-30(27)38-18-20-39(21-19-38)31-10-4-3-9-29(31)34/h1-10,15,22,27,30H,11-14,16-21,23-24H2,(H,36,40)/t27-,30+/m0/s1. The number of aromatic nitrogens is 1. The molecule has 0 unspecified atom stereocenters. The number of carbonyl (C=O) groups is 1. The predicted molar refractivity (Wildman–Crippen MR) is 159 cm³/mol. The third-order valence-electron chi connectivity index (χ3n) is 8.30. The zero-order valence-corrected chi connectivity index (χ0v) is 23.8. The van der Waals surface area contributed by atoms with Crippen LogP contribution in [-0.2, 0) is 17.8 Å². The Labute approximate surface area is 242 Å². The van der Waals surface area contributed by atoms with Crippen LogP contribution < -0.4 is 10.2 Å². The van der Waals surface area contributed by atoms with E-state index in [2.05, 4.69) is 31.1 Å². The molecule has 1 N–H and O–H groups in total. The lowest BCUT2D eigenvalue weighted by Crippen LogP contribution is -2.56. The van der Waals surface area contributed by atoms with Gasteiger partial charge in [-0.1, -0.05) is 48.0 Å². The molecule has 5 rings (SSSR count). The van der Waals surface area contributed by atoms with Crippen molar-refractivity contribution in [2.45, 2.75) is 38.3 Å². The minimum absolute atomic E-state index is 0.0968. The van der Waals surface area contributed by atoms with Crippen molar-refractivity contribution in [1.82, 2.24) is 20.1 Å². The van der Waals surface area contributed by atoms with Crippen LogP contribution in [0.15, 0.2) is 73.1 Å². The van der Waals surface area contributed by atoms with Crippen LogP contribution in [0.2, 0.25) is 5.02 Å². The number of hydrogen-bond donors (Lipinski definition) is 1. The Morgan fingerprint density at radius 1 is 1.00 bits per heavy atom. The maximum absolute atomic E-state index is 14.4. The zero-order valence-electron chi connectivity index (χ0n) is 23.0. The molecule has 6 nitrogen and oxygen atoms in total. The van der Waals surface area contributed by atoms with Gasteiger partial charge >= 0.3 is 0 Å². The summed E-state index contributed by atoms with van der Waals surface area (Å²) >= 11 is 6.27. The molecular formula is C32H39ClFN5O. The molecule has 212 valence electrons. The van der Waals surface area contributed by atoms with E-state index in [0.717, 1.165) is 75.7 Å². The molecule has 0 spiro atoms. The molecule has 2 aromatic carbocycles. The molecule has 3 aromatic rings. The summed E-state index contributed by atoms with van der Waals surface area (Å²) < 4.78 is 14.4. The first kappa shape index (κ1) is 28.5. The second-order valence-electron chi connectivity index (χ2n) is 10.9. The van der Waals surface area contributed by atoms with Crippen LogP contribution in [0.1, 0.15) is 30.4 Å². The van der Waals surface area contributed by atoms with Gasteiger partial charge in [0.25, 0.3) is 0 Å². The number of benzene rings is 2. The summed E-state index contributed by atoms with van der Waals surface area (Å²) in [7, 11) is 0. The number of likely N-dealkylation sites (tertiary alicyclic amines) is 1. The molecule has 1 aromatic heterocycles. The molecule has 2 saturated heterocycles. The number of nitrogens with one attached hydrogen (secondary N) is 1. The number of amides is 1. The first-order valence-electron chi connectivity index (χ1n) is 14.4. The highest BCUT2D eigenvalue weighted by Gasteiger charge is 2.35. The number of halogens is 2. The number of anilines is 1. The van der Waals surface area contributed by atoms with Crippen LogP contribution >= 0.6 is 11.6 Å². The van der Waals surface area contributed by atoms with Gasteiger partial charge in [0.15, 0.2) is 0 Å². The molecule has 3 heterocycles. The molecular weight excluding hydrogens is 525 g/mol. The fourth-order valence-electron chi connectivity index (χ4n) is 6.20. The fourth-order valence-corrected chi connectivity index (χ4v) is 6.43. The van der Waals surface area contributed by atoms with Gasteiger partial charge in [0, 0.05) is 75.7 Å². The van der Waals surface area contributed by atoms with Crippen LogP contribution in [0.4, 0.5) is 10.1 Å². The van der Waals surface area contributed by atoms with Crippen LogP contribution in [-0.4, -0.2) is 72.5 Å². The van der Waals surface area contributed by atoms with Crippen LogP contribution in [0.5, 0.6) is 0 Å². The predicted octanol–water partition coefficient (Wildman–Crippen LogP) is 5.03. The minimum atomic E-state index is -0.155. The summed E-state index contributed by atoms with van der Waals surface area (Å²) in [4.78, 5) is 24.4. The average molecular weight is 564 g/mol. The van der Waals surface area contributed by atoms with Crippen molar-refractivity contribution >= 4 is 23.2 Å². The van der Waals surface area contributed by atoms with Crippen molar-refractivity contribution in [3.05, 3.63) is 95.0 Å². The normalized spacial score (nSPS) is 20.4. The Kier molecular flexibility index (Phi) is 10.0. The Morgan fingerprint density at radius 2 is 1.80 bits per heavy atom. The third-order valence-corrected chi connectivity index (χ3v) is 8.67. The van der Waals surface area contributed by atoms with Gasteiger partial charge in [-0.3, -0.25) is 19.6 Å². The monoisotopic (exact) mass is 563 g/mol. The molecule has 2 fully saturated rings. The molecule has 0 bridgehead atoms. The van der Waals surface area contributed by atoms with E-state index in [1.54, 1.807) is 6.07 Å². The summed E-state index contributed by atoms with van der Waals surface area (Å²) in [5, 5.41) is 3.84. The Morgan fingerprint density at radius 3 is 2.58 bits per heavy atom.